The van der Waals surface area contributed by atoms with E-state index in [0.29, 0.717) is 11.5 Å². The van der Waals surface area contributed by atoms with Crippen molar-refractivity contribution < 1.29 is 22.7 Å². The highest BCUT2D eigenvalue weighted by Gasteiger charge is 2.22. The number of rotatable bonds is 3. The molecule has 0 atom stereocenters. The zero-order chi connectivity index (χ0) is 15.0. The predicted octanol–water partition coefficient (Wildman–Crippen LogP) is 1.90. The molecule has 0 saturated carbocycles. The highest BCUT2D eigenvalue weighted by atomic mass is 32.2. The van der Waals surface area contributed by atoms with Gasteiger partial charge in [-0.25, -0.2) is 13.1 Å². The number of nitrogens with one attached hydrogen (secondary N) is 1. The van der Waals surface area contributed by atoms with Crippen LogP contribution in [0, 0.1) is 6.92 Å². The maximum absolute atomic E-state index is 12.1. The first-order valence-corrected chi connectivity index (χ1v) is 8.29. The van der Waals surface area contributed by atoms with Crippen molar-refractivity contribution in [1.29, 1.82) is 0 Å². The van der Waals surface area contributed by atoms with E-state index in [-0.39, 0.29) is 16.6 Å². The molecular weight excluding hydrogens is 314 g/mol. The van der Waals surface area contributed by atoms with Crippen molar-refractivity contribution in [1.82, 2.24) is 4.72 Å². The first-order valence-electron chi connectivity index (χ1n) is 5.99. The van der Waals surface area contributed by atoms with Gasteiger partial charge in [0, 0.05) is 10.4 Å². The molecule has 0 bridgehead atoms. The van der Waals surface area contributed by atoms with Crippen LogP contribution in [0.5, 0.6) is 11.5 Å². The molecule has 8 heteroatoms. The Hall–Kier alpha value is -2.06. The Balaban J connectivity index is 1.83. The molecule has 0 radical (unpaired) electrons. The summed E-state index contributed by atoms with van der Waals surface area (Å²) in [5, 5.41) is 0. The Labute approximate surface area is 125 Å². The lowest BCUT2D eigenvalue weighted by atomic mass is 10.2. The van der Waals surface area contributed by atoms with Gasteiger partial charge in [-0.2, -0.15) is 0 Å². The Kier molecular flexibility index (Phi) is 3.34. The van der Waals surface area contributed by atoms with Crippen LogP contribution in [-0.2, 0) is 10.0 Å². The van der Waals surface area contributed by atoms with Crippen LogP contribution >= 0.6 is 11.3 Å². The van der Waals surface area contributed by atoms with Crippen molar-refractivity contribution in [2.75, 3.05) is 6.79 Å². The largest absolute Gasteiger partial charge is 0.454 e. The maximum atomic E-state index is 12.1. The van der Waals surface area contributed by atoms with Crippen molar-refractivity contribution >= 4 is 27.3 Å². The van der Waals surface area contributed by atoms with E-state index in [4.69, 9.17) is 9.47 Å². The summed E-state index contributed by atoms with van der Waals surface area (Å²) in [5.41, 5.74) is 0.191. The molecule has 2 heterocycles. The topological polar surface area (TPSA) is 81.7 Å². The molecule has 1 aliphatic heterocycles. The van der Waals surface area contributed by atoms with E-state index in [0.717, 1.165) is 16.2 Å². The molecule has 0 fully saturated rings. The first-order chi connectivity index (χ1) is 9.95. The number of hydrogen-bond donors (Lipinski definition) is 1. The summed E-state index contributed by atoms with van der Waals surface area (Å²) in [5.74, 6) is 0.245. The number of benzene rings is 1. The van der Waals surface area contributed by atoms with E-state index >= 15 is 0 Å². The zero-order valence-electron chi connectivity index (χ0n) is 11.0. The van der Waals surface area contributed by atoms with Crippen LogP contribution < -0.4 is 14.2 Å². The van der Waals surface area contributed by atoms with Gasteiger partial charge in [-0.15, -0.1) is 11.3 Å². The second kappa shape index (κ2) is 5.05. The second-order valence-corrected chi connectivity index (χ2v) is 7.56. The molecule has 2 aromatic rings. The summed E-state index contributed by atoms with van der Waals surface area (Å²) < 4.78 is 36.6. The molecule has 21 heavy (non-hydrogen) atoms. The number of carbonyl (C=O) groups excluding carboxylic acids is 1. The highest BCUT2D eigenvalue weighted by Crippen LogP contribution is 2.32. The molecule has 1 aliphatic rings. The van der Waals surface area contributed by atoms with Gasteiger partial charge >= 0.3 is 0 Å². The lowest BCUT2D eigenvalue weighted by molar-refractivity contribution is 0.0981. The van der Waals surface area contributed by atoms with Crippen LogP contribution in [0.3, 0.4) is 0 Å². The van der Waals surface area contributed by atoms with Gasteiger partial charge in [-0.1, -0.05) is 0 Å². The number of carbonyl (C=O) groups is 1. The van der Waals surface area contributed by atoms with Crippen LogP contribution in [0.4, 0.5) is 0 Å². The number of sulfonamides is 1. The van der Waals surface area contributed by atoms with E-state index in [1.807, 2.05) is 4.72 Å². The summed E-state index contributed by atoms with van der Waals surface area (Å²) in [6, 6.07) is 7.66. The molecule has 0 aliphatic carbocycles. The average Bonchev–Trinajstić information content (AvgIpc) is 3.05. The van der Waals surface area contributed by atoms with E-state index in [9.17, 15) is 13.2 Å². The smallest absolute Gasteiger partial charge is 0.273 e. The molecule has 110 valence electrons. The molecule has 0 saturated heterocycles. The summed E-state index contributed by atoms with van der Waals surface area (Å²) in [4.78, 5) is 12.9. The molecule has 1 aromatic heterocycles. The van der Waals surface area contributed by atoms with Gasteiger partial charge in [-0.3, -0.25) is 4.79 Å². The number of hydrogen-bond acceptors (Lipinski definition) is 6. The average molecular weight is 325 g/mol. The fourth-order valence-corrected chi connectivity index (χ4v) is 4.08. The Bertz CT molecular complexity index is 810. The highest BCUT2D eigenvalue weighted by molar-refractivity contribution is 7.92. The standard InChI is InChI=1S/C13H11NO5S2/c1-8-2-5-12(20-8)21(16,17)14-13(15)9-3-4-10-11(6-9)19-7-18-10/h2-6H,7H2,1H3,(H,14,15). The van der Waals surface area contributed by atoms with Crippen LogP contribution in [0.15, 0.2) is 34.5 Å². The minimum absolute atomic E-state index is 0.0905. The van der Waals surface area contributed by atoms with Gasteiger partial charge in [0.1, 0.15) is 4.21 Å². The Morgan fingerprint density at radius 2 is 1.95 bits per heavy atom. The van der Waals surface area contributed by atoms with Crippen LogP contribution in [0.1, 0.15) is 15.2 Å². The van der Waals surface area contributed by atoms with E-state index in [2.05, 4.69) is 0 Å². The number of thiophene rings is 1. The lowest BCUT2D eigenvalue weighted by Crippen LogP contribution is -2.29. The number of fused-ring (bicyclic) bond motifs is 1. The third-order valence-corrected chi connectivity index (χ3v) is 5.67. The number of ether oxygens (including phenoxy) is 2. The van der Waals surface area contributed by atoms with Gasteiger partial charge in [-0.05, 0) is 37.3 Å². The quantitative estimate of drug-likeness (QED) is 0.932. The first kappa shape index (κ1) is 13.9. The van der Waals surface area contributed by atoms with Gasteiger partial charge in [0.15, 0.2) is 11.5 Å². The minimum Gasteiger partial charge on any atom is -0.454 e. The monoisotopic (exact) mass is 325 g/mol. The van der Waals surface area contributed by atoms with Crippen LogP contribution in [0.2, 0.25) is 0 Å². The fraction of sp³-hybridized carbons (Fsp3) is 0.154. The molecule has 6 nitrogen and oxygen atoms in total. The Morgan fingerprint density at radius 3 is 2.67 bits per heavy atom. The van der Waals surface area contributed by atoms with Crippen molar-refractivity contribution in [2.24, 2.45) is 0 Å². The lowest BCUT2D eigenvalue weighted by Gasteiger charge is -2.05. The molecule has 0 spiro atoms. The van der Waals surface area contributed by atoms with Crippen LogP contribution in [0.25, 0.3) is 0 Å². The molecule has 3 rings (SSSR count). The third kappa shape index (κ3) is 2.72. The second-order valence-electron chi connectivity index (χ2n) is 4.37. The zero-order valence-corrected chi connectivity index (χ0v) is 12.6. The molecule has 0 unspecified atom stereocenters. The Morgan fingerprint density at radius 1 is 1.19 bits per heavy atom. The van der Waals surface area contributed by atoms with E-state index < -0.39 is 15.9 Å². The van der Waals surface area contributed by atoms with Gasteiger partial charge in [0.05, 0.1) is 0 Å². The van der Waals surface area contributed by atoms with Gasteiger partial charge in [0.2, 0.25) is 6.79 Å². The normalized spacial score (nSPS) is 13.2. The number of amides is 1. The van der Waals surface area contributed by atoms with Crippen molar-refractivity contribution in [3.05, 3.63) is 40.8 Å². The predicted molar refractivity (Wildman–Crippen MR) is 76.3 cm³/mol. The summed E-state index contributed by atoms with van der Waals surface area (Å²) in [7, 11) is -3.85. The summed E-state index contributed by atoms with van der Waals surface area (Å²) in [6.07, 6.45) is 0. The third-order valence-electron chi connectivity index (χ3n) is 2.84. The van der Waals surface area contributed by atoms with E-state index in [1.165, 1.54) is 18.2 Å². The molecule has 1 aromatic carbocycles. The van der Waals surface area contributed by atoms with E-state index in [1.54, 1.807) is 19.1 Å². The summed E-state index contributed by atoms with van der Waals surface area (Å²) in [6.45, 7) is 1.89. The fourth-order valence-electron chi connectivity index (χ4n) is 1.83. The van der Waals surface area contributed by atoms with Gasteiger partial charge < -0.3 is 9.47 Å². The number of aryl methyl sites for hydroxylation is 1. The van der Waals surface area contributed by atoms with Gasteiger partial charge in [0.25, 0.3) is 15.9 Å². The van der Waals surface area contributed by atoms with Crippen molar-refractivity contribution in [2.45, 2.75) is 11.1 Å². The minimum atomic E-state index is -3.85. The summed E-state index contributed by atoms with van der Waals surface area (Å²) >= 11 is 1.10. The molecular formula is C13H11NO5S2. The van der Waals surface area contributed by atoms with Crippen molar-refractivity contribution in [3.63, 3.8) is 0 Å². The SMILES string of the molecule is Cc1ccc(S(=O)(=O)NC(=O)c2ccc3c(c2)OCO3)s1. The molecule has 1 N–H and O–H groups in total. The maximum Gasteiger partial charge on any atom is 0.273 e. The molecule has 1 amide bonds. The van der Waals surface area contributed by atoms with Crippen molar-refractivity contribution in [3.8, 4) is 11.5 Å². The van der Waals surface area contributed by atoms with Crippen LogP contribution in [-0.4, -0.2) is 21.1 Å².